The third-order valence-electron chi connectivity index (χ3n) is 8.81. The van der Waals surface area contributed by atoms with Crippen molar-refractivity contribution in [2.45, 2.75) is 71.1 Å². The smallest absolute Gasteiger partial charge is 0.272 e. The molecule has 0 bridgehead atoms. The number of hydrogen-bond acceptors (Lipinski definition) is 7. The summed E-state index contributed by atoms with van der Waals surface area (Å²) in [5, 5.41) is 11.3. The first-order valence-corrected chi connectivity index (χ1v) is 15.2. The second-order valence-corrected chi connectivity index (χ2v) is 13.0. The quantitative estimate of drug-likeness (QED) is 0.289. The van der Waals surface area contributed by atoms with Crippen LogP contribution in [0.25, 0.3) is 22.0 Å². The Morgan fingerprint density at radius 3 is 2.56 bits per heavy atom. The van der Waals surface area contributed by atoms with E-state index in [-0.39, 0.29) is 47.5 Å². The molecule has 3 aliphatic rings. The summed E-state index contributed by atoms with van der Waals surface area (Å²) in [4.78, 5) is 55.5. The van der Waals surface area contributed by atoms with Crippen molar-refractivity contribution in [2.75, 3.05) is 5.32 Å². The zero-order valence-electron chi connectivity index (χ0n) is 24.1. The molecule has 0 radical (unpaired) electrons. The van der Waals surface area contributed by atoms with Gasteiger partial charge in [0.15, 0.2) is 5.69 Å². The first-order valence-electron chi connectivity index (χ1n) is 14.5. The molecule has 1 unspecified atom stereocenters. The summed E-state index contributed by atoms with van der Waals surface area (Å²) in [5.41, 5.74) is 3.34. The number of likely N-dealkylation sites (tertiary alicyclic amines) is 1. The summed E-state index contributed by atoms with van der Waals surface area (Å²) in [5.74, 6) is 0.414. The van der Waals surface area contributed by atoms with E-state index in [9.17, 15) is 14.4 Å². The minimum Gasteiger partial charge on any atom is -0.348 e. The lowest BCUT2D eigenvalue weighted by Gasteiger charge is -2.27. The van der Waals surface area contributed by atoms with Crippen LogP contribution >= 0.6 is 15.9 Å². The number of aryl methyl sites for hydroxylation is 2. The molecule has 7 rings (SSSR count). The van der Waals surface area contributed by atoms with Crippen LogP contribution in [0.2, 0.25) is 0 Å². The molecule has 3 aromatic heterocycles. The van der Waals surface area contributed by atoms with E-state index in [0.717, 1.165) is 36.0 Å². The maximum absolute atomic E-state index is 14.0. The monoisotopic (exact) mass is 642 g/mol. The van der Waals surface area contributed by atoms with Crippen molar-refractivity contribution >= 4 is 50.4 Å². The molecule has 11 nitrogen and oxygen atoms in total. The molecular weight excluding hydrogens is 612 g/mol. The number of hydrogen-bond donors (Lipinski definition) is 2. The van der Waals surface area contributed by atoms with Gasteiger partial charge in [0.25, 0.3) is 5.91 Å². The van der Waals surface area contributed by atoms with Crippen LogP contribution in [-0.4, -0.2) is 65.5 Å². The number of anilines is 1. The SMILES string of the molecule is Cc1ncc(-c2ccc3c(c2)c(C(=O)NC2CC2)nn3CC(=O)N2C3C[C@]3(C)C[C@H]2C(=O)Nc2nc(Br)ccc2C)cn1. The normalized spacial score (nSPS) is 22.4. The Kier molecular flexibility index (Phi) is 6.57. The number of piperidine rings is 1. The molecule has 12 heteroatoms. The zero-order valence-corrected chi connectivity index (χ0v) is 25.7. The van der Waals surface area contributed by atoms with Gasteiger partial charge in [-0.15, -0.1) is 0 Å². The second kappa shape index (κ2) is 10.2. The van der Waals surface area contributed by atoms with Crippen molar-refractivity contribution in [1.29, 1.82) is 0 Å². The Hall–Kier alpha value is -4.19. The van der Waals surface area contributed by atoms with Gasteiger partial charge in [-0.05, 0) is 90.2 Å². The van der Waals surface area contributed by atoms with Crippen LogP contribution in [0.15, 0.2) is 47.3 Å². The van der Waals surface area contributed by atoms with Crippen molar-refractivity contribution < 1.29 is 14.4 Å². The van der Waals surface area contributed by atoms with Gasteiger partial charge in [-0.1, -0.05) is 19.1 Å². The molecule has 4 heterocycles. The van der Waals surface area contributed by atoms with Gasteiger partial charge in [-0.25, -0.2) is 15.0 Å². The van der Waals surface area contributed by atoms with Crippen LogP contribution in [0.1, 0.15) is 54.5 Å². The number of carbonyl (C=O) groups is 3. The molecule has 2 aliphatic carbocycles. The van der Waals surface area contributed by atoms with Gasteiger partial charge in [0.1, 0.15) is 28.8 Å². The molecule has 220 valence electrons. The number of carbonyl (C=O) groups excluding carboxylic acids is 3. The zero-order chi connectivity index (χ0) is 30.0. The van der Waals surface area contributed by atoms with Crippen LogP contribution in [-0.2, 0) is 16.1 Å². The summed E-state index contributed by atoms with van der Waals surface area (Å²) >= 11 is 3.36. The van der Waals surface area contributed by atoms with Crippen molar-refractivity contribution in [1.82, 2.24) is 34.9 Å². The van der Waals surface area contributed by atoms with E-state index in [1.165, 1.54) is 0 Å². The third kappa shape index (κ3) is 5.17. The van der Waals surface area contributed by atoms with E-state index in [1.54, 1.807) is 22.0 Å². The van der Waals surface area contributed by atoms with E-state index < -0.39 is 6.04 Å². The topological polar surface area (TPSA) is 135 Å². The number of rotatable bonds is 7. The molecule has 3 amide bonds. The number of fused-ring (bicyclic) bond motifs is 2. The van der Waals surface area contributed by atoms with E-state index in [1.807, 2.05) is 44.2 Å². The Labute approximate surface area is 256 Å². The standard InChI is InChI=1S/C31H31BrN8O3/c1-16-4-9-25(32)36-28(16)37-29(42)23-11-31(3)12-24(31)40(23)26(41)15-39-22-8-5-18(19-13-33-17(2)34-14-19)10-21(22)27(38-39)30(43)35-20-6-7-20/h4-5,8-10,13-14,20,23-24H,6-7,11-12,15H2,1-3H3,(H,35,43)(H,36,37,42)/t23-,24?,31-/m0/s1. The van der Waals surface area contributed by atoms with Crippen molar-refractivity contribution in [3.8, 4) is 11.1 Å². The highest BCUT2D eigenvalue weighted by atomic mass is 79.9. The van der Waals surface area contributed by atoms with Gasteiger partial charge in [0.05, 0.1) is 5.52 Å². The van der Waals surface area contributed by atoms with Gasteiger partial charge in [-0.2, -0.15) is 5.10 Å². The summed E-state index contributed by atoms with van der Waals surface area (Å²) in [6, 6.07) is 8.90. The van der Waals surface area contributed by atoms with Crippen LogP contribution in [0.3, 0.4) is 0 Å². The van der Waals surface area contributed by atoms with E-state index in [4.69, 9.17) is 0 Å². The Morgan fingerprint density at radius 1 is 1.05 bits per heavy atom. The molecule has 2 N–H and O–H groups in total. The minimum absolute atomic E-state index is 0.0140. The Morgan fingerprint density at radius 2 is 1.81 bits per heavy atom. The van der Waals surface area contributed by atoms with Crippen LogP contribution in [0, 0.1) is 19.3 Å². The van der Waals surface area contributed by atoms with Gasteiger partial charge in [0, 0.05) is 35.4 Å². The fraction of sp³-hybridized carbons (Fsp3) is 0.387. The van der Waals surface area contributed by atoms with E-state index >= 15 is 0 Å². The second-order valence-electron chi connectivity index (χ2n) is 12.2. The molecule has 3 fully saturated rings. The highest BCUT2D eigenvalue weighted by Gasteiger charge is 2.64. The fourth-order valence-corrected chi connectivity index (χ4v) is 6.38. The van der Waals surface area contributed by atoms with Crippen molar-refractivity contribution in [3.63, 3.8) is 0 Å². The van der Waals surface area contributed by atoms with Crippen LogP contribution < -0.4 is 10.6 Å². The average Bonchev–Trinajstić information content (AvgIpc) is 3.86. The Balaban J connectivity index is 1.19. The summed E-state index contributed by atoms with van der Waals surface area (Å²) in [7, 11) is 0. The maximum Gasteiger partial charge on any atom is 0.272 e. The van der Waals surface area contributed by atoms with Gasteiger partial charge in [-0.3, -0.25) is 19.1 Å². The maximum atomic E-state index is 14.0. The molecule has 2 saturated carbocycles. The number of amides is 3. The first-order chi connectivity index (χ1) is 20.6. The summed E-state index contributed by atoms with van der Waals surface area (Å²) in [6.07, 6.45) is 6.83. The van der Waals surface area contributed by atoms with Crippen molar-refractivity contribution in [2.24, 2.45) is 5.41 Å². The first kappa shape index (κ1) is 27.6. The highest BCUT2D eigenvalue weighted by Crippen LogP contribution is 2.59. The van der Waals surface area contributed by atoms with Gasteiger partial charge >= 0.3 is 0 Å². The molecular formula is C31H31BrN8O3. The molecule has 1 aliphatic heterocycles. The molecule has 1 aromatic carbocycles. The molecule has 0 spiro atoms. The minimum atomic E-state index is -0.621. The molecule has 4 aromatic rings. The molecule has 43 heavy (non-hydrogen) atoms. The summed E-state index contributed by atoms with van der Waals surface area (Å²) in [6.45, 7) is 5.73. The van der Waals surface area contributed by atoms with Crippen LogP contribution in [0.5, 0.6) is 0 Å². The fourth-order valence-electron chi connectivity index (χ4n) is 6.07. The lowest BCUT2D eigenvalue weighted by molar-refractivity contribution is -0.138. The largest absolute Gasteiger partial charge is 0.348 e. The van der Waals surface area contributed by atoms with Gasteiger partial charge in [0.2, 0.25) is 11.8 Å². The number of benzene rings is 1. The molecule has 1 saturated heterocycles. The highest BCUT2D eigenvalue weighted by molar-refractivity contribution is 9.10. The number of halogens is 1. The molecule has 3 atom stereocenters. The Bertz CT molecular complexity index is 1800. The summed E-state index contributed by atoms with van der Waals surface area (Å²) < 4.78 is 2.20. The van der Waals surface area contributed by atoms with Gasteiger partial charge < -0.3 is 15.5 Å². The lowest BCUT2D eigenvalue weighted by atomic mass is 10.0. The number of pyridine rings is 1. The number of nitrogens with one attached hydrogen (secondary N) is 2. The van der Waals surface area contributed by atoms with Crippen LogP contribution in [0.4, 0.5) is 5.82 Å². The average molecular weight is 644 g/mol. The van der Waals surface area contributed by atoms with E-state index in [2.05, 4.69) is 53.5 Å². The lowest BCUT2D eigenvalue weighted by Crippen LogP contribution is -2.47. The predicted molar refractivity (Wildman–Crippen MR) is 163 cm³/mol. The number of aromatic nitrogens is 5. The third-order valence-corrected chi connectivity index (χ3v) is 9.25. The number of nitrogens with zero attached hydrogens (tertiary/aromatic N) is 6. The van der Waals surface area contributed by atoms with E-state index in [0.29, 0.717) is 33.6 Å². The predicted octanol–water partition coefficient (Wildman–Crippen LogP) is 4.18. The van der Waals surface area contributed by atoms with Crippen molar-refractivity contribution in [3.05, 3.63) is 64.4 Å².